The van der Waals surface area contributed by atoms with E-state index in [4.69, 9.17) is 5.73 Å². The molecule has 5 nitrogen and oxygen atoms in total. The Hall–Kier alpha value is -1.56. The molecule has 3 rings (SSSR count). The van der Waals surface area contributed by atoms with Crippen molar-refractivity contribution in [3.05, 3.63) is 24.3 Å². The number of rotatable bonds is 3. The highest BCUT2D eigenvalue weighted by atomic mass is 32.2. The monoisotopic (exact) mass is 233 g/mol. The van der Waals surface area contributed by atoms with Gasteiger partial charge in [-0.05, 0) is 47.2 Å². The molecule has 1 heterocycles. The number of tetrazole rings is 1. The number of para-hydroxylation sites is 1. The Morgan fingerprint density at radius 3 is 2.88 bits per heavy atom. The van der Waals surface area contributed by atoms with E-state index in [0.717, 1.165) is 15.7 Å². The van der Waals surface area contributed by atoms with Gasteiger partial charge in [-0.3, -0.25) is 0 Å². The number of hydrogen-bond acceptors (Lipinski definition) is 5. The van der Waals surface area contributed by atoms with Crippen LogP contribution < -0.4 is 5.73 Å². The summed E-state index contributed by atoms with van der Waals surface area (Å²) in [4.78, 5) is 0.999. The summed E-state index contributed by atoms with van der Waals surface area (Å²) in [5, 5.41) is 12.6. The molecule has 1 fully saturated rings. The lowest BCUT2D eigenvalue weighted by atomic mass is 10.3. The van der Waals surface area contributed by atoms with Crippen molar-refractivity contribution in [2.45, 2.75) is 28.9 Å². The smallest absolute Gasteiger partial charge is 0.214 e. The second-order valence-electron chi connectivity index (χ2n) is 3.78. The van der Waals surface area contributed by atoms with E-state index in [1.165, 1.54) is 24.6 Å². The van der Waals surface area contributed by atoms with Crippen LogP contribution >= 0.6 is 11.8 Å². The number of anilines is 1. The normalized spacial score (nSPS) is 15.2. The third-order valence-corrected chi connectivity index (χ3v) is 3.52. The molecule has 1 aliphatic rings. The van der Waals surface area contributed by atoms with E-state index in [2.05, 4.69) is 15.5 Å². The van der Waals surface area contributed by atoms with Gasteiger partial charge in [0.1, 0.15) is 0 Å². The minimum atomic E-state index is 0.488. The highest BCUT2D eigenvalue weighted by Gasteiger charge is 2.28. The van der Waals surface area contributed by atoms with Crippen molar-refractivity contribution in [2.75, 3.05) is 5.73 Å². The minimum Gasteiger partial charge on any atom is -0.398 e. The third-order valence-electron chi connectivity index (χ3n) is 2.48. The van der Waals surface area contributed by atoms with Crippen molar-refractivity contribution in [1.82, 2.24) is 20.2 Å². The number of benzene rings is 1. The van der Waals surface area contributed by atoms with Gasteiger partial charge in [0.25, 0.3) is 0 Å². The van der Waals surface area contributed by atoms with Crippen LogP contribution in [0.2, 0.25) is 0 Å². The van der Waals surface area contributed by atoms with Crippen molar-refractivity contribution >= 4 is 17.4 Å². The molecule has 0 amide bonds. The lowest BCUT2D eigenvalue weighted by Gasteiger charge is -2.04. The summed E-state index contributed by atoms with van der Waals surface area (Å²) < 4.78 is 1.89. The van der Waals surface area contributed by atoms with Crippen molar-refractivity contribution in [1.29, 1.82) is 0 Å². The minimum absolute atomic E-state index is 0.488. The maximum Gasteiger partial charge on any atom is 0.214 e. The Morgan fingerprint density at radius 2 is 2.12 bits per heavy atom. The first kappa shape index (κ1) is 9.65. The molecule has 0 unspecified atom stereocenters. The first-order valence-electron chi connectivity index (χ1n) is 5.15. The van der Waals surface area contributed by atoms with E-state index in [9.17, 15) is 0 Å². The first-order chi connectivity index (χ1) is 7.84. The predicted octanol–water partition coefficient (Wildman–Crippen LogP) is 1.74. The fraction of sp³-hybridized carbons (Fsp3) is 0.300. The van der Waals surface area contributed by atoms with Crippen LogP contribution in [-0.4, -0.2) is 20.2 Å². The van der Waals surface area contributed by atoms with Gasteiger partial charge >= 0.3 is 0 Å². The molecule has 0 bridgehead atoms. The molecule has 1 aromatic heterocycles. The number of nitrogens with two attached hydrogens (primary N) is 1. The quantitative estimate of drug-likeness (QED) is 0.818. The Labute approximate surface area is 97.0 Å². The molecule has 0 aliphatic heterocycles. The van der Waals surface area contributed by atoms with Gasteiger partial charge in [0.05, 0.1) is 6.04 Å². The van der Waals surface area contributed by atoms with Crippen LogP contribution in [0, 0.1) is 0 Å². The fourth-order valence-electron chi connectivity index (χ4n) is 1.47. The first-order valence-corrected chi connectivity index (χ1v) is 5.96. The Kier molecular flexibility index (Phi) is 2.28. The average Bonchev–Trinajstić information content (AvgIpc) is 3.03. The van der Waals surface area contributed by atoms with E-state index in [1.54, 1.807) is 0 Å². The molecular formula is C10H11N5S. The van der Waals surface area contributed by atoms with Crippen LogP contribution in [0.15, 0.2) is 34.3 Å². The van der Waals surface area contributed by atoms with Crippen LogP contribution in [0.3, 0.4) is 0 Å². The zero-order valence-electron chi connectivity index (χ0n) is 8.58. The zero-order valence-corrected chi connectivity index (χ0v) is 9.39. The third kappa shape index (κ3) is 1.76. The maximum absolute atomic E-state index is 5.88. The molecule has 2 aromatic rings. The van der Waals surface area contributed by atoms with Crippen molar-refractivity contribution in [3.63, 3.8) is 0 Å². The van der Waals surface area contributed by atoms with Gasteiger partial charge in [-0.2, -0.15) is 0 Å². The topological polar surface area (TPSA) is 69.6 Å². The molecule has 1 saturated carbocycles. The van der Waals surface area contributed by atoms with Gasteiger partial charge in [-0.25, -0.2) is 4.68 Å². The summed E-state index contributed by atoms with van der Waals surface area (Å²) in [5.41, 5.74) is 6.64. The second-order valence-corrected chi connectivity index (χ2v) is 4.79. The van der Waals surface area contributed by atoms with Gasteiger partial charge in [0.2, 0.25) is 5.16 Å². The molecule has 1 aliphatic carbocycles. The Morgan fingerprint density at radius 1 is 1.31 bits per heavy atom. The summed E-state index contributed by atoms with van der Waals surface area (Å²) in [6.07, 6.45) is 2.34. The summed E-state index contributed by atoms with van der Waals surface area (Å²) in [5.74, 6) is 0. The van der Waals surface area contributed by atoms with Gasteiger partial charge in [-0.15, -0.1) is 5.10 Å². The average molecular weight is 233 g/mol. The molecule has 6 heteroatoms. The number of nitrogens with zero attached hydrogens (tertiary/aromatic N) is 4. The van der Waals surface area contributed by atoms with Crippen LogP contribution in [0.5, 0.6) is 0 Å². The largest absolute Gasteiger partial charge is 0.398 e. The maximum atomic E-state index is 5.88. The fourth-order valence-corrected chi connectivity index (χ4v) is 2.36. The number of aromatic nitrogens is 4. The molecule has 1 aromatic carbocycles. The standard InChI is InChI=1S/C10H11N5S/c11-8-3-1-2-4-9(8)16-10-12-13-14-15(10)7-5-6-7/h1-4,7H,5-6,11H2. The molecule has 0 spiro atoms. The molecule has 0 atom stereocenters. The zero-order chi connectivity index (χ0) is 11.0. The predicted molar refractivity (Wildman–Crippen MR) is 61.1 cm³/mol. The molecule has 0 saturated heterocycles. The molecule has 2 N–H and O–H groups in total. The van der Waals surface area contributed by atoms with Gasteiger partial charge in [-0.1, -0.05) is 12.1 Å². The highest BCUT2D eigenvalue weighted by molar-refractivity contribution is 7.99. The van der Waals surface area contributed by atoms with Gasteiger partial charge in [0.15, 0.2) is 0 Å². The summed E-state index contributed by atoms with van der Waals surface area (Å²) in [7, 11) is 0. The highest BCUT2D eigenvalue weighted by Crippen LogP contribution is 2.38. The Balaban J connectivity index is 1.88. The van der Waals surface area contributed by atoms with E-state index in [1.807, 2.05) is 28.9 Å². The van der Waals surface area contributed by atoms with E-state index in [0.29, 0.717) is 6.04 Å². The van der Waals surface area contributed by atoms with Crippen LogP contribution in [0.25, 0.3) is 0 Å². The van der Waals surface area contributed by atoms with Crippen molar-refractivity contribution in [3.8, 4) is 0 Å². The van der Waals surface area contributed by atoms with Crippen LogP contribution in [0.4, 0.5) is 5.69 Å². The van der Waals surface area contributed by atoms with Crippen LogP contribution in [0.1, 0.15) is 18.9 Å². The van der Waals surface area contributed by atoms with Gasteiger partial charge < -0.3 is 5.73 Å². The van der Waals surface area contributed by atoms with Crippen molar-refractivity contribution < 1.29 is 0 Å². The summed E-state index contributed by atoms with van der Waals surface area (Å²) in [6, 6.07) is 8.23. The second kappa shape index (κ2) is 3.79. The van der Waals surface area contributed by atoms with E-state index in [-0.39, 0.29) is 0 Å². The molecular weight excluding hydrogens is 222 g/mol. The number of nitrogen functional groups attached to an aromatic ring is 1. The van der Waals surface area contributed by atoms with Crippen LogP contribution in [-0.2, 0) is 0 Å². The Bertz CT molecular complexity index is 505. The van der Waals surface area contributed by atoms with Gasteiger partial charge in [0, 0.05) is 10.6 Å². The van der Waals surface area contributed by atoms with E-state index < -0.39 is 0 Å². The lowest BCUT2D eigenvalue weighted by molar-refractivity contribution is 0.565. The SMILES string of the molecule is Nc1ccccc1Sc1nnnn1C1CC1. The van der Waals surface area contributed by atoms with Crippen molar-refractivity contribution in [2.24, 2.45) is 0 Å². The molecule has 16 heavy (non-hydrogen) atoms. The molecule has 82 valence electrons. The summed E-state index contributed by atoms with van der Waals surface area (Å²) >= 11 is 1.52. The summed E-state index contributed by atoms with van der Waals surface area (Å²) in [6.45, 7) is 0. The lowest BCUT2D eigenvalue weighted by Crippen LogP contribution is -1.99. The molecule has 0 radical (unpaired) electrons. The number of hydrogen-bond donors (Lipinski definition) is 1. The van der Waals surface area contributed by atoms with E-state index >= 15 is 0 Å².